The van der Waals surface area contributed by atoms with Crippen LogP contribution in [0.5, 0.6) is 5.75 Å². The van der Waals surface area contributed by atoms with Crippen LogP contribution < -0.4 is 10.1 Å². The van der Waals surface area contributed by atoms with Crippen molar-refractivity contribution in [3.8, 4) is 17.0 Å². The van der Waals surface area contributed by atoms with Gasteiger partial charge in [-0.2, -0.15) is 0 Å². The minimum Gasteiger partial charge on any atom is -0.488 e. The molecule has 0 aliphatic heterocycles. The lowest BCUT2D eigenvalue weighted by atomic mass is 10.1. The highest BCUT2D eigenvalue weighted by molar-refractivity contribution is 9.10. The fraction of sp³-hybridized carbons (Fsp3) is 0.207. The summed E-state index contributed by atoms with van der Waals surface area (Å²) in [5.74, 6) is 0.143. The zero-order valence-electron chi connectivity index (χ0n) is 22.5. The first kappa shape index (κ1) is 30.0. The van der Waals surface area contributed by atoms with Crippen molar-refractivity contribution < 1.29 is 26.7 Å². The zero-order chi connectivity index (χ0) is 29.9. The smallest absolute Gasteiger partial charge is 0.149 e. The third kappa shape index (κ3) is 7.46. The van der Waals surface area contributed by atoms with Crippen LogP contribution in [0.15, 0.2) is 70.8 Å². The molecule has 0 fully saturated rings. The van der Waals surface area contributed by atoms with Gasteiger partial charge in [0.2, 0.25) is 0 Å². The normalized spacial score (nSPS) is 12.4. The Kier molecular flexibility index (Phi) is 9.11. The molecule has 13 heteroatoms. The first-order valence-electron chi connectivity index (χ1n) is 12.7. The number of halogens is 3. The van der Waals surface area contributed by atoms with E-state index in [0.29, 0.717) is 48.9 Å². The second-order valence-electron chi connectivity index (χ2n) is 9.47. The minimum absolute atomic E-state index is 0.0435. The molecule has 0 amide bonds. The summed E-state index contributed by atoms with van der Waals surface area (Å²) in [6.07, 6.45) is 2.05. The van der Waals surface area contributed by atoms with Crippen LogP contribution in [0.2, 0.25) is 0 Å². The Bertz CT molecular complexity index is 1850. The van der Waals surface area contributed by atoms with Gasteiger partial charge in [-0.3, -0.25) is 0 Å². The number of aromatic nitrogens is 3. The van der Waals surface area contributed by atoms with Crippen LogP contribution in [-0.4, -0.2) is 42.0 Å². The van der Waals surface area contributed by atoms with Crippen LogP contribution in [0.3, 0.4) is 0 Å². The van der Waals surface area contributed by atoms with E-state index < -0.39 is 21.8 Å². The Morgan fingerprint density at radius 2 is 1.93 bits per heavy atom. The number of hydrogen-bond donors (Lipinski definition) is 1. The molecule has 0 aliphatic rings. The van der Waals surface area contributed by atoms with Gasteiger partial charge in [-0.15, -0.1) is 11.3 Å². The molecule has 5 rings (SSSR count). The summed E-state index contributed by atoms with van der Waals surface area (Å²) in [5, 5.41) is 6.17. The Balaban J connectivity index is 1.34. The molecule has 8 nitrogen and oxygen atoms in total. The van der Waals surface area contributed by atoms with Crippen molar-refractivity contribution in [3.05, 3.63) is 93.0 Å². The second kappa shape index (κ2) is 12.8. The Labute approximate surface area is 253 Å². The van der Waals surface area contributed by atoms with Gasteiger partial charge in [0.1, 0.15) is 57.1 Å². The van der Waals surface area contributed by atoms with Crippen molar-refractivity contribution >= 4 is 59.5 Å². The highest BCUT2D eigenvalue weighted by Gasteiger charge is 2.18. The van der Waals surface area contributed by atoms with Gasteiger partial charge in [0.05, 0.1) is 28.0 Å². The summed E-state index contributed by atoms with van der Waals surface area (Å²) >= 11 is 4.82. The highest BCUT2D eigenvalue weighted by atomic mass is 79.9. The lowest BCUT2D eigenvalue weighted by Crippen LogP contribution is -2.12. The molecule has 2 heterocycles. The van der Waals surface area contributed by atoms with Gasteiger partial charge in [-0.05, 0) is 64.8 Å². The predicted octanol–water partition coefficient (Wildman–Crippen LogP) is 7.24. The van der Waals surface area contributed by atoms with E-state index in [4.69, 9.17) is 9.47 Å². The quantitative estimate of drug-likeness (QED) is 0.156. The first-order valence-corrected chi connectivity index (χ1v) is 16.4. The number of ether oxygens (including phenoxy) is 2. The summed E-state index contributed by atoms with van der Waals surface area (Å²) in [4.78, 5) is 13.1. The molecule has 0 spiro atoms. The maximum absolute atomic E-state index is 15.2. The number of thiazole rings is 1. The van der Waals surface area contributed by atoms with E-state index in [9.17, 15) is 12.8 Å². The standard InChI is InChI=1S/C29H25BrF2N4O4S2/c1-17(39-8-9-42(2,37)38)29-36-26(15-41-29)21-12-22-25(13-24(21)32)33-16-34-28(22)35-20-6-7-27(23(30)11-20)40-14-18-4-3-5-19(31)10-18/h3-7,10-13,15-17H,8-9,14H2,1-2H3,(H,33,34,35). The third-order valence-corrected chi connectivity index (χ3v) is 8.70. The lowest BCUT2D eigenvalue weighted by molar-refractivity contribution is 0.0776. The molecule has 1 N–H and O–H groups in total. The Hall–Kier alpha value is -3.52. The van der Waals surface area contributed by atoms with Gasteiger partial charge in [0.25, 0.3) is 0 Å². The van der Waals surface area contributed by atoms with Crippen LogP contribution in [0, 0.1) is 11.6 Å². The zero-order valence-corrected chi connectivity index (χ0v) is 25.7. The number of anilines is 2. The first-order chi connectivity index (χ1) is 20.1. The molecular formula is C29H25BrF2N4O4S2. The number of nitrogens with one attached hydrogen (secondary N) is 1. The Morgan fingerprint density at radius 1 is 1.10 bits per heavy atom. The van der Waals surface area contributed by atoms with Gasteiger partial charge < -0.3 is 14.8 Å². The monoisotopic (exact) mass is 674 g/mol. The molecule has 5 aromatic rings. The Morgan fingerprint density at radius 3 is 2.69 bits per heavy atom. The predicted molar refractivity (Wildman–Crippen MR) is 163 cm³/mol. The van der Waals surface area contributed by atoms with E-state index in [1.54, 1.807) is 36.6 Å². The van der Waals surface area contributed by atoms with Crippen molar-refractivity contribution in [2.45, 2.75) is 19.6 Å². The van der Waals surface area contributed by atoms with Gasteiger partial charge in [0.15, 0.2) is 0 Å². The number of sulfone groups is 1. The van der Waals surface area contributed by atoms with E-state index in [0.717, 1.165) is 6.26 Å². The van der Waals surface area contributed by atoms with E-state index in [-0.39, 0.29) is 30.3 Å². The third-order valence-electron chi connectivity index (χ3n) is 6.17. The molecule has 218 valence electrons. The molecule has 3 aromatic carbocycles. The topological polar surface area (TPSA) is 103 Å². The summed E-state index contributed by atoms with van der Waals surface area (Å²) in [6, 6.07) is 14.6. The van der Waals surface area contributed by atoms with Gasteiger partial charge in [-0.1, -0.05) is 12.1 Å². The van der Waals surface area contributed by atoms with Gasteiger partial charge >= 0.3 is 0 Å². The van der Waals surface area contributed by atoms with Crippen LogP contribution >= 0.6 is 27.3 Å². The number of fused-ring (bicyclic) bond motifs is 1. The van der Waals surface area contributed by atoms with E-state index in [1.165, 1.54) is 35.9 Å². The van der Waals surface area contributed by atoms with Crippen molar-refractivity contribution in [3.63, 3.8) is 0 Å². The van der Waals surface area contributed by atoms with Crippen LogP contribution in [0.1, 0.15) is 23.6 Å². The van der Waals surface area contributed by atoms with Crippen molar-refractivity contribution in [2.24, 2.45) is 0 Å². The SMILES string of the molecule is CC(OCCS(C)(=O)=O)c1nc(-c2cc3c(Nc4ccc(OCc5cccc(F)c5)c(Br)c4)ncnc3cc2F)cs1. The summed E-state index contributed by atoms with van der Waals surface area (Å²) in [5.41, 5.74) is 2.51. The second-order valence-corrected chi connectivity index (χ2v) is 13.5. The largest absolute Gasteiger partial charge is 0.488 e. The fourth-order valence-corrected chi connectivity index (χ4v) is 5.75. The number of rotatable bonds is 11. The number of nitrogens with zero attached hydrogens (tertiary/aromatic N) is 3. The minimum atomic E-state index is -3.14. The number of benzene rings is 3. The number of hydrogen-bond acceptors (Lipinski definition) is 9. The van der Waals surface area contributed by atoms with Crippen molar-refractivity contribution in [2.75, 3.05) is 23.9 Å². The highest BCUT2D eigenvalue weighted by Crippen LogP contribution is 2.35. The molecule has 42 heavy (non-hydrogen) atoms. The lowest BCUT2D eigenvalue weighted by Gasteiger charge is -2.13. The van der Waals surface area contributed by atoms with Crippen LogP contribution in [0.4, 0.5) is 20.3 Å². The molecule has 0 saturated heterocycles. The van der Waals surface area contributed by atoms with Gasteiger partial charge in [0, 0.05) is 34.3 Å². The molecule has 1 atom stereocenters. The van der Waals surface area contributed by atoms with E-state index in [1.807, 2.05) is 12.1 Å². The van der Waals surface area contributed by atoms with E-state index in [2.05, 4.69) is 36.2 Å². The molecule has 0 bridgehead atoms. The molecule has 2 aromatic heterocycles. The maximum Gasteiger partial charge on any atom is 0.149 e. The van der Waals surface area contributed by atoms with Crippen LogP contribution in [0.25, 0.3) is 22.2 Å². The van der Waals surface area contributed by atoms with Crippen molar-refractivity contribution in [1.29, 1.82) is 0 Å². The van der Waals surface area contributed by atoms with Crippen molar-refractivity contribution in [1.82, 2.24) is 15.0 Å². The van der Waals surface area contributed by atoms with Gasteiger partial charge in [-0.25, -0.2) is 32.2 Å². The average Bonchev–Trinajstić information content (AvgIpc) is 3.42. The summed E-state index contributed by atoms with van der Waals surface area (Å²) < 4.78 is 63.5. The average molecular weight is 676 g/mol. The van der Waals surface area contributed by atoms with E-state index >= 15 is 4.39 Å². The maximum atomic E-state index is 15.2. The molecule has 0 aliphatic carbocycles. The molecule has 1 unspecified atom stereocenters. The molecular weight excluding hydrogens is 650 g/mol. The molecule has 0 radical (unpaired) electrons. The summed E-state index contributed by atoms with van der Waals surface area (Å²) in [6.45, 7) is 2.02. The molecule has 0 saturated carbocycles. The van der Waals surface area contributed by atoms with Crippen LogP contribution in [-0.2, 0) is 21.2 Å². The fourth-order valence-electron chi connectivity index (χ4n) is 4.04. The summed E-state index contributed by atoms with van der Waals surface area (Å²) in [7, 11) is -3.14.